The molecule has 1 N–H and O–H groups in total. The number of carbonyl (C=O) groups is 1. The van der Waals surface area contributed by atoms with Crippen LogP contribution >= 0.6 is 0 Å². The Labute approximate surface area is 113 Å². The molecule has 0 radical (unpaired) electrons. The lowest BCUT2D eigenvalue weighted by atomic mass is 10.2. The Morgan fingerprint density at radius 1 is 1.58 bits per heavy atom. The van der Waals surface area contributed by atoms with E-state index in [4.69, 9.17) is 5.11 Å². The number of hydrogen-bond acceptors (Lipinski definition) is 4. The van der Waals surface area contributed by atoms with Gasteiger partial charge in [-0.2, -0.15) is 0 Å². The maximum atomic E-state index is 10.8. The van der Waals surface area contributed by atoms with Crippen molar-refractivity contribution >= 4 is 11.7 Å². The normalized spacial score (nSPS) is 19.6. The molecule has 1 aromatic heterocycles. The summed E-state index contributed by atoms with van der Waals surface area (Å²) in [6.07, 6.45) is 4.13. The number of hydrogen-bond donors (Lipinski definition) is 1. The lowest BCUT2D eigenvalue weighted by molar-refractivity contribution is 0.0690. The van der Waals surface area contributed by atoms with Crippen molar-refractivity contribution in [3.05, 3.63) is 24.0 Å². The first-order valence-electron chi connectivity index (χ1n) is 6.76. The van der Waals surface area contributed by atoms with E-state index in [1.54, 1.807) is 12.3 Å². The molecule has 1 fully saturated rings. The van der Waals surface area contributed by atoms with Crippen LogP contribution in [0.15, 0.2) is 18.3 Å². The number of carboxylic acids is 1. The second-order valence-electron chi connectivity index (χ2n) is 5.01. The SMILES string of the molecule is CCN1CCCC1CN(C)c1ccc(C(=O)O)nc1. The first kappa shape index (κ1) is 13.8. The number of likely N-dealkylation sites (N-methyl/N-ethyl adjacent to an activating group) is 2. The van der Waals surface area contributed by atoms with Gasteiger partial charge in [0.05, 0.1) is 11.9 Å². The molecular weight excluding hydrogens is 242 g/mol. The fourth-order valence-corrected chi connectivity index (χ4v) is 2.68. The number of carboxylic acid groups (broad SMARTS) is 1. The topological polar surface area (TPSA) is 56.7 Å². The van der Waals surface area contributed by atoms with Crippen molar-refractivity contribution in [3.63, 3.8) is 0 Å². The van der Waals surface area contributed by atoms with Gasteiger partial charge in [0, 0.05) is 19.6 Å². The Morgan fingerprint density at radius 2 is 2.37 bits per heavy atom. The van der Waals surface area contributed by atoms with Crippen LogP contribution in [0.1, 0.15) is 30.3 Å². The van der Waals surface area contributed by atoms with Gasteiger partial charge in [-0.15, -0.1) is 0 Å². The van der Waals surface area contributed by atoms with Gasteiger partial charge in [0.15, 0.2) is 0 Å². The van der Waals surface area contributed by atoms with E-state index < -0.39 is 5.97 Å². The average Bonchev–Trinajstić information content (AvgIpc) is 2.86. The van der Waals surface area contributed by atoms with E-state index >= 15 is 0 Å². The molecular formula is C14H21N3O2. The average molecular weight is 263 g/mol. The van der Waals surface area contributed by atoms with Gasteiger partial charge in [-0.1, -0.05) is 6.92 Å². The van der Waals surface area contributed by atoms with Gasteiger partial charge in [0.2, 0.25) is 0 Å². The third-order valence-corrected chi connectivity index (χ3v) is 3.80. The Balaban J connectivity index is 1.99. The van der Waals surface area contributed by atoms with E-state index in [0.29, 0.717) is 6.04 Å². The standard InChI is InChI=1S/C14H21N3O2/c1-3-17-8-4-5-12(17)10-16(2)11-6-7-13(14(18)19)15-9-11/h6-7,9,12H,3-5,8,10H2,1-2H3,(H,18,19). The van der Waals surface area contributed by atoms with Crippen LogP contribution in [0.25, 0.3) is 0 Å². The van der Waals surface area contributed by atoms with Crippen molar-refractivity contribution in [1.29, 1.82) is 0 Å². The van der Waals surface area contributed by atoms with Crippen LogP contribution < -0.4 is 4.90 Å². The molecule has 0 saturated carbocycles. The molecule has 0 bridgehead atoms. The molecule has 0 aromatic carbocycles. The monoisotopic (exact) mass is 263 g/mol. The zero-order chi connectivity index (χ0) is 13.8. The second-order valence-corrected chi connectivity index (χ2v) is 5.01. The van der Waals surface area contributed by atoms with E-state index in [1.807, 2.05) is 13.1 Å². The molecule has 0 spiro atoms. The van der Waals surface area contributed by atoms with Gasteiger partial charge in [0.1, 0.15) is 5.69 Å². The third kappa shape index (κ3) is 3.23. The first-order valence-corrected chi connectivity index (χ1v) is 6.76. The Kier molecular flexibility index (Phi) is 4.37. The molecule has 1 saturated heterocycles. The second kappa shape index (κ2) is 6.02. The Hall–Kier alpha value is -1.62. The minimum absolute atomic E-state index is 0.0909. The molecule has 0 aliphatic carbocycles. The number of aromatic carboxylic acids is 1. The maximum absolute atomic E-state index is 10.8. The van der Waals surface area contributed by atoms with E-state index in [-0.39, 0.29) is 5.69 Å². The number of rotatable bonds is 5. The lowest BCUT2D eigenvalue weighted by Gasteiger charge is -2.28. The minimum Gasteiger partial charge on any atom is -0.477 e. The molecule has 5 heteroatoms. The smallest absolute Gasteiger partial charge is 0.354 e. The number of likely N-dealkylation sites (tertiary alicyclic amines) is 1. The molecule has 2 rings (SSSR count). The van der Waals surface area contributed by atoms with Gasteiger partial charge in [-0.25, -0.2) is 9.78 Å². The summed E-state index contributed by atoms with van der Waals surface area (Å²) in [7, 11) is 2.03. The van der Waals surface area contributed by atoms with Crippen molar-refractivity contribution in [2.75, 3.05) is 31.6 Å². The highest BCUT2D eigenvalue weighted by atomic mass is 16.4. The molecule has 1 aliphatic rings. The predicted molar refractivity (Wildman–Crippen MR) is 74.7 cm³/mol. The largest absolute Gasteiger partial charge is 0.477 e. The van der Waals surface area contributed by atoms with Gasteiger partial charge < -0.3 is 10.0 Å². The molecule has 104 valence electrons. The van der Waals surface area contributed by atoms with Crippen LogP contribution in [0.5, 0.6) is 0 Å². The van der Waals surface area contributed by atoms with Crippen LogP contribution in [-0.2, 0) is 0 Å². The summed E-state index contributed by atoms with van der Waals surface area (Å²) in [6, 6.07) is 3.97. The highest BCUT2D eigenvalue weighted by Crippen LogP contribution is 2.20. The summed E-state index contributed by atoms with van der Waals surface area (Å²) in [6.45, 7) is 5.43. The van der Waals surface area contributed by atoms with E-state index in [1.165, 1.54) is 19.4 Å². The highest BCUT2D eigenvalue weighted by molar-refractivity contribution is 5.85. The Bertz CT molecular complexity index is 433. The summed E-state index contributed by atoms with van der Waals surface area (Å²) in [5.41, 5.74) is 1.06. The van der Waals surface area contributed by atoms with Crippen molar-refractivity contribution < 1.29 is 9.90 Å². The molecule has 1 aliphatic heterocycles. The number of aromatic nitrogens is 1. The van der Waals surface area contributed by atoms with Crippen LogP contribution in [0.4, 0.5) is 5.69 Å². The molecule has 19 heavy (non-hydrogen) atoms. The maximum Gasteiger partial charge on any atom is 0.354 e. The van der Waals surface area contributed by atoms with Crippen LogP contribution in [-0.4, -0.2) is 53.7 Å². The van der Waals surface area contributed by atoms with Gasteiger partial charge >= 0.3 is 5.97 Å². The number of anilines is 1. The van der Waals surface area contributed by atoms with Crippen molar-refractivity contribution in [2.45, 2.75) is 25.8 Å². The predicted octanol–water partition coefficient (Wildman–Crippen LogP) is 1.70. The van der Waals surface area contributed by atoms with Crippen molar-refractivity contribution in [3.8, 4) is 0 Å². The van der Waals surface area contributed by atoms with Gasteiger partial charge in [-0.05, 0) is 38.1 Å². The molecule has 1 aromatic rings. The number of nitrogens with zero attached hydrogens (tertiary/aromatic N) is 3. The van der Waals surface area contributed by atoms with E-state index in [2.05, 4.69) is 21.7 Å². The summed E-state index contributed by atoms with van der Waals surface area (Å²) in [4.78, 5) is 19.4. The molecule has 0 amide bonds. The van der Waals surface area contributed by atoms with Crippen molar-refractivity contribution in [2.24, 2.45) is 0 Å². The molecule has 1 atom stereocenters. The van der Waals surface area contributed by atoms with Crippen LogP contribution in [0, 0.1) is 0 Å². The minimum atomic E-state index is -0.984. The van der Waals surface area contributed by atoms with Gasteiger partial charge in [-0.3, -0.25) is 4.90 Å². The first-order chi connectivity index (χ1) is 9.11. The quantitative estimate of drug-likeness (QED) is 0.876. The number of pyridine rings is 1. The summed E-state index contributed by atoms with van der Waals surface area (Å²) in [5.74, 6) is -0.984. The third-order valence-electron chi connectivity index (χ3n) is 3.80. The summed E-state index contributed by atoms with van der Waals surface area (Å²) >= 11 is 0. The zero-order valence-corrected chi connectivity index (χ0v) is 11.5. The lowest BCUT2D eigenvalue weighted by Crippen LogP contribution is -2.38. The molecule has 2 heterocycles. The van der Waals surface area contributed by atoms with Gasteiger partial charge in [0.25, 0.3) is 0 Å². The van der Waals surface area contributed by atoms with E-state index in [9.17, 15) is 4.79 Å². The fourth-order valence-electron chi connectivity index (χ4n) is 2.68. The zero-order valence-electron chi connectivity index (χ0n) is 11.5. The van der Waals surface area contributed by atoms with Crippen LogP contribution in [0.3, 0.4) is 0 Å². The van der Waals surface area contributed by atoms with E-state index in [0.717, 1.165) is 18.8 Å². The summed E-state index contributed by atoms with van der Waals surface area (Å²) in [5, 5.41) is 8.83. The molecule has 1 unspecified atom stereocenters. The van der Waals surface area contributed by atoms with Crippen LogP contribution in [0.2, 0.25) is 0 Å². The highest BCUT2D eigenvalue weighted by Gasteiger charge is 2.24. The molecule has 5 nitrogen and oxygen atoms in total. The van der Waals surface area contributed by atoms with Crippen molar-refractivity contribution in [1.82, 2.24) is 9.88 Å². The summed E-state index contributed by atoms with van der Waals surface area (Å²) < 4.78 is 0. The fraction of sp³-hybridized carbons (Fsp3) is 0.571. The Morgan fingerprint density at radius 3 is 2.95 bits per heavy atom.